The second-order valence-electron chi connectivity index (χ2n) is 6.77. The maximum Gasteiger partial charge on any atom is 0.229 e. The van der Waals surface area contributed by atoms with Gasteiger partial charge in [0.2, 0.25) is 11.8 Å². The Labute approximate surface area is 166 Å². The fourth-order valence-corrected chi connectivity index (χ4v) is 3.76. The lowest BCUT2D eigenvalue weighted by Crippen LogP contribution is -2.28. The number of nitrogens with zero attached hydrogens (tertiary/aromatic N) is 1. The molecule has 1 N–H and O–H groups in total. The van der Waals surface area contributed by atoms with Gasteiger partial charge in [0.25, 0.3) is 0 Å². The summed E-state index contributed by atoms with van der Waals surface area (Å²) in [5.74, 6) is -0.568. The van der Waals surface area contributed by atoms with Crippen LogP contribution in [0.5, 0.6) is 0 Å². The van der Waals surface area contributed by atoms with Gasteiger partial charge in [-0.3, -0.25) is 9.59 Å². The van der Waals surface area contributed by atoms with Crippen LogP contribution < -0.4 is 10.2 Å². The highest BCUT2D eigenvalue weighted by Crippen LogP contribution is 2.32. The molecule has 1 atom stereocenters. The lowest BCUT2D eigenvalue weighted by atomic mass is 10.1. The molecule has 3 rings (SSSR count). The smallest absolute Gasteiger partial charge is 0.229 e. The minimum Gasteiger partial charge on any atom is -0.325 e. The molecule has 1 fully saturated rings. The van der Waals surface area contributed by atoms with Crippen LogP contribution in [0, 0.1) is 26.7 Å². The second kappa shape index (κ2) is 7.41. The molecular formula is C20H20BrClN2O2. The summed E-state index contributed by atoms with van der Waals surface area (Å²) in [5.41, 5.74) is 4.58. The van der Waals surface area contributed by atoms with Crippen molar-refractivity contribution in [3.63, 3.8) is 0 Å². The number of hydrogen-bond donors (Lipinski definition) is 1. The van der Waals surface area contributed by atoms with Crippen LogP contribution in [0.4, 0.5) is 11.4 Å². The molecule has 0 aromatic heterocycles. The Balaban J connectivity index is 1.77. The molecular weight excluding hydrogens is 416 g/mol. The van der Waals surface area contributed by atoms with Gasteiger partial charge < -0.3 is 10.2 Å². The maximum absolute atomic E-state index is 12.7. The quantitative estimate of drug-likeness (QED) is 0.736. The van der Waals surface area contributed by atoms with E-state index < -0.39 is 0 Å². The van der Waals surface area contributed by atoms with Gasteiger partial charge in [0, 0.05) is 28.8 Å². The number of halogens is 2. The molecule has 1 aliphatic rings. The van der Waals surface area contributed by atoms with Crippen LogP contribution in [0.1, 0.15) is 23.1 Å². The molecule has 2 amide bonds. The van der Waals surface area contributed by atoms with Gasteiger partial charge in [-0.15, -0.1) is 0 Å². The van der Waals surface area contributed by atoms with Crippen molar-refractivity contribution in [2.45, 2.75) is 27.2 Å². The number of hydrogen-bond acceptors (Lipinski definition) is 2. The lowest BCUT2D eigenvalue weighted by molar-refractivity contribution is -0.122. The first-order valence-corrected chi connectivity index (χ1v) is 9.57. The van der Waals surface area contributed by atoms with Crippen LogP contribution in [0.25, 0.3) is 0 Å². The predicted octanol–water partition coefficient (Wildman–Crippen LogP) is 5.02. The van der Waals surface area contributed by atoms with Crippen molar-refractivity contribution in [2.75, 3.05) is 16.8 Å². The molecule has 1 aliphatic heterocycles. The number of carbonyl (C=O) groups is 2. The van der Waals surface area contributed by atoms with Crippen LogP contribution in [0.3, 0.4) is 0 Å². The summed E-state index contributed by atoms with van der Waals surface area (Å²) < 4.78 is 0.784. The van der Waals surface area contributed by atoms with Crippen molar-refractivity contribution in [1.82, 2.24) is 0 Å². The summed E-state index contributed by atoms with van der Waals surface area (Å²) in [5, 5.41) is 3.45. The molecule has 0 spiro atoms. The van der Waals surface area contributed by atoms with Crippen molar-refractivity contribution < 1.29 is 9.59 Å². The molecule has 26 heavy (non-hydrogen) atoms. The zero-order chi connectivity index (χ0) is 19.0. The molecule has 4 nitrogen and oxygen atoms in total. The summed E-state index contributed by atoms with van der Waals surface area (Å²) in [6.07, 6.45) is 0.211. The largest absolute Gasteiger partial charge is 0.325 e. The van der Waals surface area contributed by atoms with E-state index in [1.807, 2.05) is 45.0 Å². The SMILES string of the molecule is Cc1ccc(C)c(N2C[C@@H](C(=O)Nc3cc(Cl)c(Br)cc3C)CC2=O)c1. The zero-order valence-corrected chi connectivity index (χ0v) is 17.2. The Bertz CT molecular complexity index is 898. The Morgan fingerprint density at radius 1 is 1.19 bits per heavy atom. The molecule has 0 saturated carbocycles. The average Bonchev–Trinajstić information content (AvgIpc) is 2.96. The molecule has 2 aromatic rings. The van der Waals surface area contributed by atoms with Gasteiger partial charge >= 0.3 is 0 Å². The Morgan fingerprint density at radius 3 is 2.65 bits per heavy atom. The van der Waals surface area contributed by atoms with Gasteiger partial charge in [-0.25, -0.2) is 0 Å². The third-order valence-corrected chi connectivity index (χ3v) is 5.87. The number of carbonyl (C=O) groups excluding carboxylic acids is 2. The van der Waals surface area contributed by atoms with E-state index in [9.17, 15) is 9.59 Å². The van der Waals surface area contributed by atoms with Crippen LogP contribution in [0.15, 0.2) is 34.8 Å². The van der Waals surface area contributed by atoms with Crippen LogP contribution in [0.2, 0.25) is 5.02 Å². The molecule has 0 radical (unpaired) electrons. The predicted molar refractivity (Wildman–Crippen MR) is 109 cm³/mol. The van der Waals surface area contributed by atoms with E-state index in [4.69, 9.17) is 11.6 Å². The van der Waals surface area contributed by atoms with E-state index in [-0.39, 0.29) is 24.2 Å². The second-order valence-corrected chi connectivity index (χ2v) is 8.03. The number of anilines is 2. The summed E-state index contributed by atoms with van der Waals surface area (Å²) in [4.78, 5) is 26.9. The van der Waals surface area contributed by atoms with E-state index in [1.165, 1.54) is 0 Å². The van der Waals surface area contributed by atoms with Crippen LogP contribution in [-0.2, 0) is 9.59 Å². The molecule has 0 unspecified atom stereocenters. The summed E-state index contributed by atoms with van der Waals surface area (Å²) in [6.45, 7) is 6.26. The van der Waals surface area contributed by atoms with E-state index in [2.05, 4.69) is 21.2 Å². The van der Waals surface area contributed by atoms with E-state index in [0.717, 1.165) is 26.9 Å². The highest BCUT2D eigenvalue weighted by Gasteiger charge is 2.35. The third kappa shape index (κ3) is 3.79. The fraction of sp³-hybridized carbons (Fsp3) is 0.300. The number of rotatable bonds is 3. The average molecular weight is 436 g/mol. The topological polar surface area (TPSA) is 49.4 Å². The molecule has 6 heteroatoms. The number of aryl methyl sites for hydroxylation is 3. The Morgan fingerprint density at radius 2 is 1.92 bits per heavy atom. The molecule has 136 valence electrons. The lowest BCUT2D eigenvalue weighted by Gasteiger charge is -2.20. The van der Waals surface area contributed by atoms with Gasteiger partial charge in [0.15, 0.2) is 0 Å². The van der Waals surface area contributed by atoms with Gasteiger partial charge in [0.05, 0.1) is 10.9 Å². The molecule has 0 bridgehead atoms. The Hall–Kier alpha value is -1.85. The van der Waals surface area contributed by atoms with E-state index in [0.29, 0.717) is 17.3 Å². The molecule has 1 saturated heterocycles. The first kappa shape index (κ1) is 18.9. The number of nitrogens with one attached hydrogen (secondary N) is 1. The summed E-state index contributed by atoms with van der Waals surface area (Å²) in [6, 6.07) is 9.59. The first-order chi connectivity index (χ1) is 12.3. The molecule has 1 heterocycles. The van der Waals surface area contributed by atoms with E-state index in [1.54, 1.807) is 11.0 Å². The van der Waals surface area contributed by atoms with Crippen molar-refractivity contribution in [2.24, 2.45) is 5.92 Å². The summed E-state index contributed by atoms with van der Waals surface area (Å²) in [7, 11) is 0. The highest BCUT2D eigenvalue weighted by atomic mass is 79.9. The van der Waals surface area contributed by atoms with Crippen LogP contribution >= 0.6 is 27.5 Å². The molecule has 0 aliphatic carbocycles. The van der Waals surface area contributed by atoms with Crippen molar-refractivity contribution in [1.29, 1.82) is 0 Å². The van der Waals surface area contributed by atoms with Gasteiger partial charge in [-0.2, -0.15) is 0 Å². The summed E-state index contributed by atoms with van der Waals surface area (Å²) >= 11 is 9.50. The zero-order valence-electron chi connectivity index (χ0n) is 14.9. The van der Waals surface area contributed by atoms with Gasteiger partial charge in [-0.1, -0.05) is 23.7 Å². The van der Waals surface area contributed by atoms with Crippen molar-refractivity contribution in [3.05, 3.63) is 56.5 Å². The number of amides is 2. The maximum atomic E-state index is 12.7. The standard InChI is InChI=1S/C20H20BrClN2O2/c1-11-4-5-12(2)18(6-11)24-10-14(8-19(24)25)20(26)23-17-9-16(22)15(21)7-13(17)3/h4-7,9,14H,8,10H2,1-3H3,(H,23,26)/t14-/m0/s1. The number of benzene rings is 2. The first-order valence-electron chi connectivity index (χ1n) is 8.40. The normalized spacial score (nSPS) is 16.9. The molecule has 2 aromatic carbocycles. The monoisotopic (exact) mass is 434 g/mol. The van der Waals surface area contributed by atoms with Crippen LogP contribution in [-0.4, -0.2) is 18.4 Å². The van der Waals surface area contributed by atoms with Crippen molar-refractivity contribution >= 4 is 50.7 Å². The fourth-order valence-electron chi connectivity index (χ4n) is 3.14. The third-order valence-electron chi connectivity index (χ3n) is 4.68. The minimum absolute atomic E-state index is 0.0237. The van der Waals surface area contributed by atoms with Gasteiger partial charge in [0.1, 0.15) is 0 Å². The Kier molecular flexibility index (Phi) is 5.39. The highest BCUT2D eigenvalue weighted by molar-refractivity contribution is 9.10. The van der Waals surface area contributed by atoms with E-state index >= 15 is 0 Å². The minimum atomic E-state index is -0.385. The van der Waals surface area contributed by atoms with Crippen molar-refractivity contribution in [3.8, 4) is 0 Å². The van der Waals surface area contributed by atoms with Gasteiger partial charge in [-0.05, 0) is 71.6 Å².